The number of thiophene rings is 1. The third kappa shape index (κ3) is 4.09. The molecule has 2 aromatic rings. The van der Waals surface area contributed by atoms with Crippen LogP contribution in [0.3, 0.4) is 0 Å². The van der Waals surface area contributed by atoms with Gasteiger partial charge in [0.05, 0.1) is 10.4 Å². The van der Waals surface area contributed by atoms with Gasteiger partial charge >= 0.3 is 0 Å². The molecule has 0 radical (unpaired) electrons. The molecule has 0 spiro atoms. The summed E-state index contributed by atoms with van der Waals surface area (Å²) in [7, 11) is 0. The van der Waals surface area contributed by atoms with E-state index in [9.17, 15) is 20.4 Å². The second kappa shape index (κ2) is 8.02. The van der Waals surface area contributed by atoms with Crippen molar-refractivity contribution in [2.75, 3.05) is 6.61 Å². The molecule has 25 heavy (non-hydrogen) atoms. The Kier molecular flexibility index (Phi) is 6.18. The van der Waals surface area contributed by atoms with Crippen molar-refractivity contribution in [1.29, 1.82) is 0 Å². The van der Waals surface area contributed by atoms with Gasteiger partial charge in [0, 0.05) is 16.3 Å². The summed E-state index contributed by atoms with van der Waals surface area (Å²) in [6.45, 7) is -0.453. The maximum Gasteiger partial charge on any atom is 0.113 e. The molecule has 1 aromatic heterocycles. The highest BCUT2D eigenvalue weighted by Gasteiger charge is 2.43. The lowest BCUT2D eigenvalue weighted by atomic mass is 9.90. The summed E-state index contributed by atoms with van der Waals surface area (Å²) in [4.78, 5) is 1.12. The SMILES string of the molecule is OC[C@H]1O[C@@H](c2ccc(Cl)c(Cc3ccc(Br)s3)c2)[C@H](O)[C@@H](O)[C@@H]1O. The molecule has 1 aliphatic heterocycles. The fourth-order valence-corrected chi connectivity index (χ4v) is 4.61. The Morgan fingerprint density at radius 3 is 2.48 bits per heavy atom. The molecule has 1 aliphatic rings. The molecular weight excluding hydrogens is 432 g/mol. The summed E-state index contributed by atoms with van der Waals surface area (Å²) in [6, 6.07) is 9.23. The summed E-state index contributed by atoms with van der Waals surface area (Å²) >= 11 is 11.3. The molecule has 0 bridgehead atoms. The first kappa shape index (κ1) is 19.3. The first-order valence-electron chi connectivity index (χ1n) is 7.73. The molecular formula is C17H18BrClO5S. The van der Waals surface area contributed by atoms with Crippen molar-refractivity contribution in [1.82, 2.24) is 0 Å². The normalized spacial score (nSPS) is 29.8. The minimum absolute atomic E-state index is 0.453. The molecule has 0 unspecified atom stereocenters. The molecule has 5 atom stereocenters. The van der Waals surface area contributed by atoms with Crippen LogP contribution in [-0.4, -0.2) is 51.4 Å². The zero-order valence-corrected chi connectivity index (χ0v) is 16.2. The van der Waals surface area contributed by atoms with Gasteiger partial charge in [-0.1, -0.05) is 23.7 Å². The van der Waals surface area contributed by atoms with Gasteiger partial charge < -0.3 is 25.2 Å². The summed E-state index contributed by atoms with van der Waals surface area (Å²) in [5.41, 5.74) is 1.50. The fraction of sp³-hybridized carbons (Fsp3) is 0.412. The molecule has 4 N–H and O–H groups in total. The van der Waals surface area contributed by atoms with Gasteiger partial charge in [0.25, 0.3) is 0 Å². The van der Waals surface area contributed by atoms with E-state index in [-0.39, 0.29) is 0 Å². The van der Waals surface area contributed by atoms with Crippen LogP contribution in [0.2, 0.25) is 5.02 Å². The molecule has 136 valence electrons. The van der Waals surface area contributed by atoms with Crippen molar-refractivity contribution in [2.24, 2.45) is 0 Å². The molecule has 3 rings (SSSR count). The monoisotopic (exact) mass is 448 g/mol. The van der Waals surface area contributed by atoms with Gasteiger partial charge in [-0.2, -0.15) is 0 Å². The number of rotatable bonds is 4. The maximum absolute atomic E-state index is 10.3. The largest absolute Gasteiger partial charge is 0.394 e. The third-order valence-corrected chi connectivity index (χ3v) is 6.28. The molecule has 0 amide bonds. The Hall–Kier alpha value is -0.510. The van der Waals surface area contributed by atoms with E-state index < -0.39 is 37.1 Å². The Balaban J connectivity index is 1.88. The minimum Gasteiger partial charge on any atom is -0.394 e. The first-order valence-corrected chi connectivity index (χ1v) is 9.72. The first-order chi connectivity index (χ1) is 11.9. The zero-order valence-electron chi connectivity index (χ0n) is 13.0. The summed E-state index contributed by atoms with van der Waals surface area (Å²) < 4.78 is 6.64. The average molecular weight is 450 g/mol. The van der Waals surface area contributed by atoms with Crippen LogP contribution in [0.15, 0.2) is 34.1 Å². The highest BCUT2D eigenvalue weighted by Crippen LogP contribution is 2.35. The number of hydrogen-bond acceptors (Lipinski definition) is 6. The summed E-state index contributed by atoms with van der Waals surface area (Å²) in [5.74, 6) is 0. The molecule has 1 fully saturated rings. The van der Waals surface area contributed by atoms with E-state index in [1.807, 2.05) is 18.2 Å². The van der Waals surface area contributed by atoms with E-state index in [1.165, 1.54) is 0 Å². The average Bonchev–Trinajstić information content (AvgIpc) is 3.00. The van der Waals surface area contributed by atoms with E-state index in [4.69, 9.17) is 16.3 Å². The Bertz CT molecular complexity index is 738. The number of aliphatic hydroxyl groups is 4. The molecule has 8 heteroatoms. The Morgan fingerprint density at radius 2 is 1.84 bits per heavy atom. The second-order valence-corrected chi connectivity index (χ2v) is 8.94. The molecule has 2 heterocycles. The lowest BCUT2D eigenvalue weighted by molar-refractivity contribution is -0.231. The van der Waals surface area contributed by atoms with Crippen molar-refractivity contribution in [3.63, 3.8) is 0 Å². The van der Waals surface area contributed by atoms with E-state index in [2.05, 4.69) is 15.9 Å². The number of hydrogen-bond donors (Lipinski definition) is 4. The Morgan fingerprint density at radius 1 is 1.08 bits per heavy atom. The Labute approximate surface area is 162 Å². The summed E-state index contributed by atoms with van der Waals surface area (Å²) in [5, 5.41) is 40.1. The molecule has 1 saturated heterocycles. The van der Waals surface area contributed by atoms with Gasteiger partial charge in [-0.25, -0.2) is 0 Å². The van der Waals surface area contributed by atoms with Crippen LogP contribution < -0.4 is 0 Å². The van der Waals surface area contributed by atoms with E-state index in [0.717, 1.165) is 14.2 Å². The second-order valence-electron chi connectivity index (χ2n) is 5.98. The van der Waals surface area contributed by atoms with Crippen LogP contribution in [0.1, 0.15) is 22.1 Å². The lowest BCUT2D eigenvalue weighted by Crippen LogP contribution is -2.55. The summed E-state index contributed by atoms with van der Waals surface area (Å²) in [6.07, 6.45) is -5.24. The van der Waals surface area contributed by atoms with Crippen LogP contribution in [-0.2, 0) is 11.2 Å². The highest BCUT2D eigenvalue weighted by molar-refractivity contribution is 9.11. The van der Waals surface area contributed by atoms with Crippen LogP contribution in [0.4, 0.5) is 0 Å². The topological polar surface area (TPSA) is 90.2 Å². The number of halogens is 2. The fourth-order valence-electron chi connectivity index (χ4n) is 2.92. The molecule has 5 nitrogen and oxygen atoms in total. The zero-order chi connectivity index (χ0) is 18.1. The van der Waals surface area contributed by atoms with Crippen molar-refractivity contribution < 1.29 is 25.2 Å². The van der Waals surface area contributed by atoms with Crippen molar-refractivity contribution >= 4 is 38.9 Å². The van der Waals surface area contributed by atoms with Gasteiger partial charge in [-0.05, 0) is 45.3 Å². The van der Waals surface area contributed by atoms with Gasteiger partial charge in [-0.15, -0.1) is 11.3 Å². The molecule has 1 aromatic carbocycles. The predicted molar refractivity (Wildman–Crippen MR) is 99.0 cm³/mol. The number of benzene rings is 1. The van der Waals surface area contributed by atoms with E-state index >= 15 is 0 Å². The van der Waals surface area contributed by atoms with Crippen LogP contribution >= 0.6 is 38.9 Å². The molecule has 0 aliphatic carbocycles. The highest BCUT2D eigenvalue weighted by atomic mass is 79.9. The lowest BCUT2D eigenvalue weighted by Gasteiger charge is -2.40. The van der Waals surface area contributed by atoms with Gasteiger partial charge in [0.15, 0.2) is 0 Å². The third-order valence-electron chi connectivity index (χ3n) is 4.28. The van der Waals surface area contributed by atoms with Crippen molar-refractivity contribution in [2.45, 2.75) is 36.9 Å². The smallest absolute Gasteiger partial charge is 0.113 e. The van der Waals surface area contributed by atoms with Crippen molar-refractivity contribution in [3.05, 3.63) is 55.1 Å². The number of aliphatic hydroxyl groups excluding tert-OH is 4. The van der Waals surface area contributed by atoms with Crippen LogP contribution in [0.25, 0.3) is 0 Å². The van der Waals surface area contributed by atoms with Gasteiger partial charge in [-0.3, -0.25) is 0 Å². The van der Waals surface area contributed by atoms with Crippen LogP contribution in [0, 0.1) is 0 Å². The van der Waals surface area contributed by atoms with Crippen LogP contribution in [0.5, 0.6) is 0 Å². The maximum atomic E-state index is 10.3. The van der Waals surface area contributed by atoms with Crippen molar-refractivity contribution in [3.8, 4) is 0 Å². The van der Waals surface area contributed by atoms with E-state index in [0.29, 0.717) is 17.0 Å². The predicted octanol–water partition coefficient (Wildman–Crippen LogP) is 2.27. The van der Waals surface area contributed by atoms with Gasteiger partial charge in [0.1, 0.15) is 30.5 Å². The molecule has 0 saturated carbocycles. The van der Waals surface area contributed by atoms with E-state index in [1.54, 1.807) is 23.5 Å². The minimum atomic E-state index is -1.40. The standard InChI is InChI=1S/C17H18BrClO5S/c18-13-4-2-10(25-13)6-9-5-8(1-3-11(9)19)17-16(23)15(22)14(21)12(7-20)24-17/h1-5,12,14-17,20-23H,6-7H2/t12-,14-,15+,16-,17+/m1/s1. The quantitative estimate of drug-likeness (QED) is 0.575. The van der Waals surface area contributed by atoms with Gasteiger partial charge in [0.2, 0.25) is 0 Å². The number of ether oxygens (including phenoxy) is 1.